The maximum atomic E-state index is 11.4. The van der Waals surface area contributed by atoms with Crippen molar-refractivity contribution >= 4 is 11.9 Å². The van der Waals surface area contributed by atoms with Crippen molar-refractivity contribution in [1.29, 1.82) is 0 Å². The van der Waals surface area contributed by atoms with E-state index in [0.29, 0.717) is 12.8 Å². The van der Waals surface area contributed by atoms with Gasteiger partial charge in [-0.05, 0) is 24.7 Å². The minimum atomic E-state index is -1.08. The molecule has 82 valence electrons. The van der Waals surface area contributed by atoms with Gasteiger partial charge in [0.2, 0.25) is 0 Å². The van der Waals surface area contributed by atoms with Crippen LogP contribution < -0.4 is 0 Å². The lowest BCUT2D eigenvalue weighted by Gasteiger charge is -2.34. The number of allylic oxidation sites excluding steroid dienone is 2. The summed E-state index contributed by atoms with van der Waals surface area (Å²) in [6, 6.07) is 0. The van der Waals surface area contributed by atoms with Crippen LogP contribution in [0.3, 0.4) is 0 Å². The lowest BCUT2D eigenvalue weighted by molar-refractivity contribution is -0.164. The summed E-state index contributed by atoms with van der Waals surface area (Å²) in [5.74, 6) is -2.89. The zero-order chi connectivity index (χ0) is 11.2. The Kier molecular flexibility index (Phi) is 2.10. The van der Waals surface area contributed by atoms with Crippen molar-refractivity contribution in [3.8, 4) is 0 Å². The lowest BCUT2D eigenvalue weighted by Crippen LogP contribution is -2.45. The normalized spacial score (nSPS) is 42.1. The number of rotatable bonds is 3. The number of aliphatic carboxylic acids is 2. The molecule has 2 aliphatic rings. The van der Waals surface area contributed by atoms with Gasteiger partial charge in [-0.1, -0.05) is 19.1 Å². The number of carboxylic acid groups (broad SMARTS) is 2. The summed E-state index contributed by atoms with van der Waals surface area (Å²) in [4.78, 5) is 22.5. The third-order valence-electron chi connectivity index (χ3n) is 4.01. The molecule has 0 heterocycles. The Labute approximate surface area is 87.6 Å². The van der Waals surface area contributed by atoms with E-state index in [1.165, 1.54) is 0 Å². The summed E-state index contributed by atoms with van der Waals surface area (Å²) in [6.07, 6.45) is 4.80. The first-order valence-electron chi connectivity index (χ1n) is 5.18. The van der Waals surface area contributed by atoms with Crippen molar-refractivity contribution in [2.24, 2.45) is 23.2 Å². The van der Waals surface area contributed by atoms with E-state index in [2.05, 4.69) is 0 Å². The Hall–Kier alpha value is -1.32. The van der Waals surface area contributed by atoms with Gasteiger partial charge in [0.05, 0.1) is 11.3 Å². The molecule has 1 fully saturated rings. The van der Waals surface area contributed by atoms with Crippen LogP contribution in [0.4, 0.5) is 0 Å². The van der Waals surface area contributed by atoms with E-state index in [1.54, 1.807) is 6.92 Å². The molecule has 2 aliphatic carbocycles. The van der Waals surface area contributed by atoms with Crippen molar-refractivity contribution in [3.63, 3.8) is 0 Å². The number of fused-ring (bicyclic) bond motifs is 2. The molecular formula is C11H14O4. The number of hydrogen-bond donors (Lipinski definition) is 2. The molecule has 0 spiro atoms. The highest BCUT2D eigenvalue weighted by atomic mass is 16.4. The average Bonchev–Trinajstić information content (AvgIpc) is 2.73. The molecule has 2 bridgehead atoms. The number of hydrogen-bond acceptors (Lipinski definition) is 2. The fraction of sp³-hybridized carbons (Fsp3) is 0.636. The molecule has 0 aromatic heterocycles. The van der Waals surface area contributed by atoms with Crippen LogP contribution in [-0.2, 0) is 9.59 Å². The molecule has 1 saturated carbocycles. The molecule has 0 amide bonds. The quantitative estimate of drug-likeness (QED) is 0.690. The van der Waals surface area contributed by atoms with Gasteiger partial charge in [-0.15, -0.1) is 0 Å². The Balaban J connectivity index is 2.48. The van der Waals surface area contributed by atoms with Crippen LogP contribution in [0.25, 0.3) is 0 Å². The van der Waals surface area contributed by atoms with Crippen molar-refractivity contribution in [1.82, 2.24) is 0 Å². The molecule has 4 unspecified atom stereocenters. The van der Waals surface area contributed by atoms with Crippen LogP contribution in [0.5, 0.6) is 0 Å². The smallest absolute Gasteiger partial charge is 0.311 e. The third kappa shape index (κ3) is 1.07. The minimum absolute atomic E-state index is 0.0939. The Morgan fingerprint density at radius 3 is 2.47 bits per heavy atom. The summed E-state index contributed by atoms with van der Waals surface area (Å²) in [6.45, 7) is 1.76. The molecule has 15 heavy (non-hydrogen) atoms. The van der Waals surface area contributed by atoms with Crippen LogP contribution in [-0.4, -0.2) is 22.2 Å². The lowest BCUT2D eigenvalue weighted by atomic mass is 9.66. The number of carbonyl (C=O) groups is 2. The summed E-state index contributed by atoms with van der Waals surface area (Å²) >= 11 is 0. The van der Waals surface area contributed by atoms with Gasteiger partial charge in [0.15, 0.2) is 0 Å². The van der Waals surface area contributed by atoms with Gasteiger partial charge in [0, 0.05) is 0 Å². The standard InChI is InChI=1S/C11H14O4/c1-2-11(10(14)15)7-4-3-6(5-7)8(11)9(12)13/h3-4,6-8H,2,5H2,1H3,(H,12,13)(H,14,15). The second-order valence-corrected chi connectivity index (χ2v) is 4.41. The highest BCUT2D eigenvalue weighted by Crippen LogP contribution is 2.58. The predicted molar refractivity (Wildman–Crippen MR) is 52.2 cm³/mol. The van der Waals surface area contributed by atoms with Gasteiger partial charge in [0.25, 0.3) is 0 Å². The first-order valence-corrected chi connectivity index (χ1v) is 5.18. The fourth-order valence-corrected chi connectivity index (χ4v) is 3.30. The summed E-state index contributed by atoms with van der Waals surface area (Å²) in [7, 11) is 0. The Morgan fingerprint density at radius 1 is 1.40 bits per heavy atom. The summed E-state index contributed by atoms with van der Waals surface area (Å²) < 4.78 is 0. The average molecular weight is 210 g/mol. The fourth-order valence-electron chi connectivity index (χ4n) is 3.30. The van der Waals surface area contributed by atoms with Gasteiger partial charge in [0.1, 0.15) is 0 Å². The zero-order valence-electron chi connectivity index (χ0n) is 8.51. The largest absolute Gasteiger partial charge is 0.481 e. The maximum absolute atomic E-state index is 11.4. The van der Waals surface area contributed by atoms with E-state index >= 15 is 0 Å². The first-order chi connectivity index (χ1) is 7.04. The van der Waals surface area contributed by atoms with Crippen LogP contribution >= 0.6 is 0 Å². The van der Waals surface area contributed by atoms with Gasteiger partial charge < -0.3 is 10.2 Å². The maximum Gasteiger partial charge on any atom is 0.311 e. The molecule has 0 saturated heterocycles. The molecule has 0 aromatic rings. The Morgan fingerprint density at radius 2 is 2.07 bits per heavy atom. The molecule has 2 rings (SSSR count). The molecule has 0 radical (unpaired) electrons. The van der Waals surface area contributed by atoms with Crippen molar-refractivity contribution in [3.05, 3.63) is 12.2 Å². The Bertz CT molecular complexity index is 346. The molecule has 4 atom stereocenters. The first kappa shape index (κ1) is 10.2. The SMILES string of the molecule is CCC1(C(=O)O)C2C=CC(C2)C1C(=O)O. The molecule has 4 heteroatoms. The molecule has 0 aliphatic heterocycles. The molecule has 0 aromatic carbocycles. The van der Waals surface area contributed by atoms with E-state index in [-0.39, 0.29) is 11.8 Å². The van der Waals surface area contributed by atoms with Crippen molar-refractivity contribution in [2.75, 3.05) is 0 Å². The van der Waals surface area contributed by atoms with Crippen molar-refractivity contribution in [2.45, 2.75) is 19.8 Å². The van der Waals surface area contributed by atoms with E-state index in [0.717, 1.165) is 0 Å². The van der Waals surface area contributed by atoms with E-state index in [4.69, 9.17) is 5.11 Å². The minimum Gasteiger partial charge on any atom is -0.481 e. The summed E-state index contributed by atoms with van der Waals surface area (Å²) in [5, 5.41) is 18.5. The van der Waals surface area contributed by atoms with Crippen LogP contribution in [0.1, 0.15) is 19.8 Å². The van der Waals surface area contributed by atoms with E-state index < -0.39 is 23.3 Å². The highest BCUT2D eigenvalue weighted by molar-refractivity contribution is 5.86. The van der Waals surface area contributed by atoms with Gasteiger partial charge in [-0.2, -0.15) is 0 Å². The second kappa shape index (κ2) is 3.08. The zero-order valence-corrected chi connectivity index (χ0v) is 8.51. The van der Waals surface area contributed by atoms with Crippen LogP contribution in [0.2, 0.25) is 0 Å². The summed E-state index contributed by atoms with van der Waals surface area (Å²) in [5.41, 5.74) is -1.08. The van der Waals surface area contributed by atoms with E-state index in [1.807, 2.05) is 12.2 Å². The van der Waals surface area contributed by atoms with Crippen LogP contribution in [0, 0.1) is 23.2 Å². The third-order valence-corrected chi connectivity index (χ3v) is 4.01. The van der Waals surface area contributed by atoms with Gasteiger partial charge >= 0.3 is 11.9 Å². The van der Waals surface area contributed by atoms with Gasteiger partial charge in [-0.25, -0.2) is 0 Å². The molecular weight excluding hydrogens is 196 g/mol. The number of carboxylic acids is 2. The van der Waals surface area contributed by atoms with Crippen molar-refractivity contribution < 1.29 is 19.8 Å². The topological polar surface area (TPSA) is 74.6 Å². The second-order valence-electron chi connectivity index (χ2n) is 4.41. The molecule has 2 N–H and O–H groups in total. The van der Waals surface area contributed by atoms with Crippen LogP contribution in [0.15, 0.2) is 12.2 Å². The van der Waals surface area contributed by atoms with E-state index in [9.17, 15) is 14.7 Å². The molecule has 4 nitrogen and oxygen atoms in total. The highest BCUT2D eigenvalue weighted by Gasteiger charge is 2.62. The predicted octanol–water partition coefficient (Wildman–Crippen LogP) is 1.37. The van der Waals surface area contributed by atoms with Gasteiger partial charge in [-0.3, -0.25) is 9.59 Å². The monoisotopic (exact) mass is 210 g/mol.